The Kier molecular flexibility index (Phi) is 1.51. The van der Waals surface area contributed by atoms with Gasteiger partial charge in [-0.3, -0.25) is 0 Å². The molecule has 0 aliphatic rings. The van der Waals surface area contributed by atoms with Crippen LogP contribution in [-0.4, -0.2) is 4.98 Å². The van der Waals surface area contributed by atoms with Crippen molar-refractivity contribution < 1.29 is 2.74 Å². The summed E-state index contributed by atoms with van der Waals surface area (Å²) in [6, 6.07) is 0.337. The van der Waals surface area contributed by atoms with Crippen molar-refractivity contribution in [2.45, 2.75) is 6.92 Å². The van der Waals surface area contributed by atoms with Gasteiger partial charge in [-0.05, 0) is 50.4 Å². The molecule has 1 aromatic rings. The van der Waals surface area contributed by atoms with Crippen molar-refractivity contribution in [3.05, 3.63) is 26.9 Å². The smallest absolute Gasteiger partial charge is 0.110 e. The molecule has 0 atom stereocenters. The highest BCUT2D eigenvalue weighted by molar-refractivity contribution is 9.11. The summed E-state index contributed by atoms with van der Waals surface area (Å²) in [7, 11) is 0. The van der Waals surface area contributed by atoms with Gasteiger partial charge in [0.15, 0.2) is 0 Å². The lowest BCUT2D eigenvalue weighted by atomic mass is 10.3. The van der Waals surface area contributed by atoms with Crippen LogP contribution in [0.1, 0.15) is 8.30 Å². The maximum absolute atomic E-state index is 7.44. The molecule has 0 N–H and O–H groups in total. The summed E-state index contributed by atoms with van der Waals surface area (Å²) >= 11 is 6.27. The Morgan fingerprint density at radius 2 is 2.22 bits per heavy atom. The molecule has 0 aromatic carbocycles. The van der Waals surface area contributed by atoms with E-state index >= 15 is 0 Å². The summed E-state index contributed by atoms with van der Waals surface area (Å²) in [5, 5.41) is 0. The molecule has 48 valence electrons. The highest BCUT2D eigenvalue weighted by Crippen LogP contribution is 2.15. The second-order valence-corrected chi connectivity index (χ2v) is 3.07. The first kappa shape index (κ1) is 4.85. The lowest BCUT2D eigenvalue weighted by molar-refractivity contribution is 1.18. The molecular weight excluding hydrogens is 246 g/mol. The second kappa shape index (κ2) is 2.80. The summed E-state index contributed by atoms with van der Waals surface area (Å²) in [5.41, 5.74) is 0.693. The Labute approximate surface area is 73.6 Å². The van der Waals surface area contributed by atoms with Gasteiger partial charge in [0.25, 0.3) is 0 Å². The number of pyridine rings is 1. The first-order valence-corrected chi connectivity index (χ1v) is 3.91. The number of nitrogens with zero attached hydrogens (tertiary/aromatic N) is 1. The van der Waals surface area contributed by atoms with E-state index in [0.717, 1.165) is 0 Å². The fraction of sp³-hybridized carbons (Fsp3) is 0.167. The van der Waals surface area contributed by atoms with E-state index in [1.54, 1.807) is 6.92 Å². The first-order valence-electron chi connectivity index (χ1n) is 3.33. The van der Waals surface area contributed by atoms with Crippen LogP contribution in [0.15, 0.2) is 21.3 Å². The fourth-order valence-corrected chi connectivity index (χ4v) is 1.19. The first-order chi connectivity index (χ1) is 5.04. The SMILES string of the molecule is [2H]c1c(Br)nc(Br)c(C)c1[2H]. The van der Waals surface area contributed by atoms with E-state index in [1.807, 2.05) is 0 Å². The van der Waals surface area contributed by atoms with Crippen molar-refractivity contribution in [1.82, 2.24) is 4.98 Å². The van der Waals surface area contributed by atoms with Gasteiger partial charge in [-0.25, -0.2) is 4.98 Å². The Hall–Kier alpha value is 0.110. The second-order valence-electron chi connectivity index (χ2n) is 1.57. The monoisotopic (exact) mass is 251 g/mol. The predicted molar refractivity (Wildman–Crippen MR) is 44.4 cm³/mol. The predicted octanol–water partition coefficient (Wildman–Crippen LogP) is 2.92. The highest BCUT2D eigenvalue weighted by Gasteiger charge is 1.93. The van der Waals surface area contributed by atoms with Crippen molar-refractivity contribution in [3.8, 4) is 0 Å². The van der Waals surface area contributed by atoms with Gasteiger partial charge in [0.1, 0.15) is 9.21 Å². The molecule has 0 aliphatic carbocycles. The zero-order chi connectivity index (χ0) is 8.59. The fourth-order valence-electron chi connectivity index (χ4n) is 0.395. The third-order valence-corrected chi connectivity index (χ3v) is 2.01. The number of halogens is 2. The van der Waals surface area contributed by atoms with Crippen LogP contribution in [-0.2, 0) is 0 Å². The van der Waals surface area contributed by atoms with Crippen LogP contribution in [0.3, 0.4) is 0 Å². The lowest BCUT2D eigenvalue weighted by Gasteiger charge is -1.94. The van der Waals surface area contributed by atoms with Gasteiger partial charge in [-0.2, -0.15) is 0 Å². The normalized spacial score (nSPS) is 12.8. The van der Waals surface area contributed by atoms with Crippen LogP contribution in [0.5, 0.6) is 0 Å². The lowest BCUT2D eigenvalue weighted by Crippen LogP contribution is -1.80. The number of aromatic nitrogens is 1. The summed E-state index contributed by atoms with van der Waals surface area (Å²) in [6.45, 7) is 1.75. The van der Waals surface area contributed by atoms with Crippen LogP contribution >= 0.6 is 31.9 Å². The summed E-state index contributed by atoms with van der Waals surface area (Å²) < 4.78 is 15.8. The van der Waals surface area contributed by atoms with Gasteiger partial charge in [-0.15, -0.1) is 0 Å². The molecule has 0 saturated carbocycles. The quantitative estimate of drug-likeness (QED) is 0.647. The molecule has 0 spiro atoms. The van der Waals surface area contributed by atoms with Gasteiger partial charge in [0.2, 0.25) is 0 Å². The zero-order valence-electron chi connectivity index (χ0n) is 6.70. The van der Waals surface area contributed by atoms with Crippen LogP contribution in [0.4, 0.5) is 0 Å². The number of hydrogen-bond acceptors (Lipinski definition) is 1. The van der Waals surface area contributed by atoms with Crippen LogP contribution in [0.25, 0.3) is 0 Å². The molecule has 0 fully saturated rings. The van der Waals surface area contributed by atoms with E-state index in [0.29, 0.717) is 14.8 Å². The highest BCUT2D eigenvalue weighted by atomic mass is 79.9. The van der Waals surface area contributed by atoms with Crippen molar-refractivity contribution in [2.75, 3.05) is 0 Å². The molecule has 0 saturated heterocycles. The molecule has 3 heteroatoms. The minimum absolute atomic E-state index is 0.130. The molecular formula is C6H5Br2N. The summed E-state index contributed by atoms with van der Waals surface area (Å²) in [5.74, 6) is 0. The summed E-state index contributed by atoms with van der Waals surface area (Å²) in [6.07, 6.45) is 0. The van der Waals surface area contributed by atoms with Crippen LogP contribution in [0, 0.1) is 6.92 Å². The topological polar surface area (TPSA) is 12.9 Å². The van der Waals surface area contributed by atoms with E-state index in [1.165, 1.54) is 0 Å². The van der Waals surface area contributed by atoms with Gasteiger partial charge >= 0.3 is 0 Å². The molecule has 1 aromatic heterocycles. The van der Waals surface area contributed by atoms with Crippen molar-refractivity contribution >= 4 is 31.9 Å². The van der Waals surface area contributed by atoms with E-state index in [4.69, 9.17) is 2.74 Å². The molecule has 1 heterocycles. The average Bonchev–Trinajstić information content (AvgIpc) is 1.97. The minimum Gasteiger partial charge on any atom is -0.234 e. The van der Waals surface area contributed by atoms with Gasteiger partial charge < -0.3 is 0 Å². The Morgan fingerprint density at radius 1 is 1.56 bits per heavy atom. The molecule has 0 aliphatic heterocycles. The van der Waals surface area contributed by atoms with Gasteiger partial charge in [0.05, 0.1) is 2.74 Å². The minimum atomic E-state index is 0.130. The van der Waals surface area contributed by atoms with Crippen molar-refractivity contribution in [1.29, 1.82) is 0 Å². The number of rotatable bonds is 0. The maximum Gasteiger partial charge on any atom is 0.110 e. The van der Waals surface area contributed by atoms with E-state index in [9.17, 15) is 0 Å². The molecule has 9 heavy (non-hydrogen) atoms. The Morgan fingerprint density at radius 3 is 2.89 bits per heavy atom. The van der Waals surface area contributed by atoms with Gasteiger partial charge in [0, 0.05) is 0 Å². The zero-order valence-corrected chi connectivity index (χ0v) is 7.88. The third kappa shape index (κ3) is 1.76. The summed E-state index contributed by atoms with van der Waals surface area (Å²) in [4.78, 5) is 3.96. The maximum atomic E-state index is 7.44. The van der Waals surface area contributed by atoms with Gasteiger partial charge in [-0.1, -0.05) is 6.04 Å². The average molecular weight is 253 g/mol. The van der Waals surface area contributed by atoms with Crippen LogP contribution in [0.2, 0.25) is 0 Å². The Balaban J connectivity index is 3.46. The van der Waals surface area contributed by atoms with E-state index in [-0.39, 0.29) is 12.1 Å². The molecule has 0 bridgehead atoms. The molecule has 0 radical (unpaired) electrons. The molecule has 1 rings (SSSR count). The van der Waals surface area contributed by atoms with E-state index in [2.05, 4.69) is 36.8 Å². The standard InChI is InChI=1S/C6H5Br2N/c1-4-2-3-5(7)9-6(4)8/h2-3H,1H3/i2D,3D. The third-order valence-electron chi connectivity index (χ3n) is 0.859. The van der Waals surface area contributed by atoms with Crippen molar-refractivity contribution in [2.24, 2.45) is 0 Å². The molecule has 0 amide bonds. The largest absolute Gasteiger partial charge is 0.234 e. The van der Waals surface area contributed by atoms with Crippen LogP contribution < -0.4 is 0 Å². The molecule has 1 nitrogen and oxygen atoms in total. The number of hydrogen-bond donors (Lipinski definition) is 0. The van der Waals surface area contributed by atoms with E-state index < -0.39 is 0 Å². The molecule has 0 unspecified atom stereocenters. The Bertz CT molecular complexity index is 275. The van der Waals surface area contributed by atoms with Crippen molar-refractivity contribution in [3.63, 3.8) is 0 Å².